The molecule has 5 heteroatoms. The van der Waals surface area contributed by atoms with Gasteiger partial charge in [-0.15, -0.1) is 0 Å². The molecule has 1 atom stereocenters. The summed E-state index contributed by atoms with van der Waals surface area (Å²) >= 11 is 0. The molecule has 0 bridgehead atoms. The summed E-state index contributed by atoms with van der Waals surface area (Å²) in [4.78, 5) is 26.1. The Morgan fingerprint density at radius 3 is 2.81 bits per heavy atom. The Bertz CT molecular complexity index is 569. The van der Waals surface area contributed by atoms with Crippen molar-refractivity contribution in [3.05, 3.63) is 41.6 Å². The van der Waals surface area contributed by atoms with E-state index in [1.54, 1.807) is 41.2 Å². The highest BCUT2D eigenvalue weighted by atomic mass is 16.5. The Balaban J connectivity index is 1.94. The molecule has 5 nitrogen and oxygen atoms in total. The van der Waals surface area contributed by atoms with Crippen molar-refractivity contribution < 1.29 is 14.3 Å². The predicted molar refractivity (Wildman–Crippen MR) is 80.5 cm³/mol. The first-order valence-corrected chi connectivity index (χ1v) is 6.93. The second kappa shape index (κ2) is 6.43. The summed E-state index contributed by atoms with van der Waals surface area (Å²) < 4.78 is 5.72. The van der Waals surface area contributed by atoms with E-state index in [1.807, 2.05) is 19.9 Å². The van der Waals surface area contributed by atoms with Crippen molar-refractivity contribution in [1.82, 2.24) is 9.80 Å². The first kappa shape index (κ1) is 15.1. The number of benzene rings is 1. The highest BCUT2D eigenvalue weighted by Gasteiger charge is 2.24. The van der Waals surface area contributed by atoms with E-state index in [2.05, 4.69) is 0 Å². The maximum absolute atomic E-state index is 12.0. The minimum Gasteiger partial charge on any atom is -0.491 e. The fourth-order valence-electron chi connectivity index (χ4n) is 2.26. The number of hydrogen-bond donors (Lipinski definition) is 0. The summed E-state index contributed by atoms with van der Waals surface area (Å²) in [5.74, 6) is 0.738. The molecule has 1 aliphatic rings. The van der Waals surface area contributed by atoms with Crippen molar-refractivity contribution in [2.45, 2.75) is 19.9 Å². The summed E-state index contributed by atoms with van der Waals surface area (Å²) in [5.41, 5.74) is 1.54. The van der Waals surface area contributed by atoms with Crippen LogP contribution in [0, 0.1) is 6.92 Å². The van der Waals surface area contributed by atoms with Crippen LogP contribution in [0.1, 0.15) is 22.8 Å². The number of urea groups is 1. The van der Waals surface area contributed by atoms with Crippen LogP contribution in [0.5, 0.6) is 5.75 Å². The highest BCUT2D eigenvalue weighted by molar-refractivity contribution is 5.77. The van der Waals surface area contributed by atoms with Crippen LogP contribution < -0.4 is 4.74 Å². The smallest absolute Gasteiger partial charge is 0.324 e. The third kappa shape index (κ3) is 3.42. The van der Waals surface area contributed by atoms with E-state index in [9.17, 15) is 9.59 Å². The van der Waals surface area contributed by atoms with Crippen molar-refractivity contribution in [3.63, 3.8) is 0 Å². The molecule has 0 aromatic heterocycles. The van der Waals surface area contributed by atoms with E-state index in [4.69, 9.17) is 4.74 Å². The molecule has 0 spiro atoms. The van der Waals surface area contributed by atoms with Gasteiger partial charge in [0, 0.05) is 18.8 Å². The molecule has 112 valence electrons. The average molecular weight is 288 g/mol. The third-order valence-electron chi connectivity index (χ3n) is 3.55. The molecule has 1 aromatic carbocycles. The number of amides is 2. The van der Waals surface area contributed by atoms with Crippen molar-refractivity contribution in [2.24, 2.45) is 0 Å². The Hall–Kier alpha value is -2.30. The van der Waals surface area contributed by atoms with Gasteiger partial charge in [-0.1, -0.05) is 0 Å². The van der Waals surface area contributed by atoms with Gasteiger partial charge in [0.1, 0.15) is 18.6 Å². The Labute approximate surface area is 124 Å². The van der Waals surface area contributed by atoms with Gasteiger partial charge in [0.05, 0.1) is 12.6 Å². The number of hydrogen-bond acceptors (Lipinski definition) is 3. The molecule has 21 heavy (non-hydrogen) atoms. The zero-order valence-electron chi connectivity index (χ0n) is 12.6. The standard InChI is InChI=1S/C16H20N2O3/c1-12-10-14(11-19)4-5-15(12)21-9-8-18-13(2)6-7-17(3)16(18)20/h4-7,10-11,13H,8-9H2,1-3H3. The van der Waals surface area contributed by atoms with Gasteiger partial charge in [0.15, 0.2) is 0 Å². The molecule has 0 saturated carbocycles. The van der Waals surface area contributed by atoms with Crippen LogP contribution in [-0.4, -0.2) is 48.4 Å². The average Bonchev–Trinajstić information content (AvgIpc) is 2.48. The zero-order chi connectivity index (χ0) is 15.4. The normalized spacial score (nSPS) is 18.0. The van der Waals surface area contributed by atoms with E-state index in [-0.39, 0.29) is 12.1 Å². The lowest BCUT2D eigenvalue weighted by atomic mass is 10.1. The van der Waals surface area contributed by atoms with Gasteiger partial charge in [-0.25, -0.2) is 4.79 Å². The SMILES string of the molecule is Cc1cc(C=O)ccc1OCCN1C(=O)N(C)C=CC1C. The molecule has 0 saturated heterocycles. The van der Waals surface area contributed by atoms with Crippen LogP contribution in [-0.2, 0) is 0 Å². The highest BCUT2D eigenvalue weighted by Crippen LogP contribution is 2.19. The number of aryl methyl sites for hydroxylation is 1. The molecule has 2 rings (SSSR count). The number of aldehydes is 1. The Kier molecular flexibility index (Phi) is 4.62. The van der Waals surface area contributed by atoms with Crippen LogP contribution in [0.15, 0.2) is 30.5 Å². The van der Waals surface area contributed by atoms with Crippen LogP contribution in [0.2, 0.25) is 0 Å². The van der Waals surface area contributed by atoms with E-state index in [0.717, 1.165) is 17.6 Å². The van der Waals surface area contributed by atoms with E-state index < -0.39 is 0 Å². The topological polar surface area (TPSA) is 49.9 Å². The van der Waals surface area contributed by atoms with Gasteiger partial charge in [-0.05, 0) is 43.7 Å². The Morgan fingerprint density at radius 1 is 1.38 bits per heavy atom. The van der Waals surface area contributed by atoms with Crippen LogP contribution >= 0.6 is 0 Å². The lowest BCUT2D eigenvalue weighted by Gasteiger charge is -2.34. The maximum atomic E-state index is 12.0. The van der Waals surface area contributed by atoms with Crippen molar-refractivity contribution in [3.8, 4) is 5.75 Å². The Morgan fingerprint density at radius 2 is 2.14 bits per heavy atom. The van der Waals surface area contributed by atoms with Crippen molar-refractivity contribution >= 4 is 12.3 Å². The predicted octanol–water partition coefficient (Wildman–Crippen LogP) is 2.46. The number of carbonyl (C=O) groups is 2. The lowest BCUT2D eigenvalue weighted by Crippen LogP contribution is -2.48. The fraction of sp³-hybridized carbons (Fsp3) is 0.375. The first-order valence-electron chi connectivity index (χ1n) is 6.93. The van der Waals surface area contributed by atoms with Crippen LogP contribution in [0.3, 0.4) is 0 Å². The van der Waals surface area contributed by atoms with E-state index >= 15 is 0 Å². The molecule has 0 radical (unpaired) electrons. The van der Waals surface area contributed by atoms with Gasteiger partial charge < -0.3 is 14.5 Å². The summed E-state index contributed by atoms with van der Waals surface area (Å²) in [6.45, 7) is 4.81. The molecule has 1 aromatic rings. The molecule has 0 aliphatic carbocycles. The number of nitrogens with zero attached hydrogens (tertiary/aromatic N) is 2. The molecule has 1 aliphatic heterocycles. The summed E-state index contributed by atoms with van der Waals surface area (Å²) in [6, 6.07) is 5.33. The van der Waals surface area contributed by atoms with Gasteiger partial charge in [-0.2, -0.15) is 0 Å². The fourth-order valence-corrected chi connectivity index (χ4v) is 2.26. The summed E-state index contributed by atoms with van der Waals surface area (Å²) in [6.07, 6.45) is 4.57. The van der Waals surface area contributed by atoms with Gasteiger partial charge >= 0.3 is 6.03 Å². The monoisotopic (exact) mass is 288 g/mol. The number of ether oxygens (including phenoxy) is 1. The van der Waals surface area contributed by atoms with Crippen molar-refractivity contribution in [1.29, 1.82) is 0 Å². The van der Waals surface area contributed by atoms with Crippen LogP contribution in [0.4, 0.5) is 4.79 Å². The minimum absolute atomic E-state index is 0.0263. The molecule has 1 unspecified atom stereocenters. The molecule has 0 fully saturated rings. The second-order valence-electron chi connectivity index (χ2n) is 5.16. The van der Waals surface area contributed by atoms with E-state index in [0.29, 0.717) is 18.7 Å². The molecular formula is C16H20N2O3. The second-order valence-corrected chi connectivity index (χ2v) is 5.16. The third-order valence-corrected chi connectivity index (χ3v) is 3.55. The van der Waals surface area contributed by atoms with Gasteiger partial charge in [-0.3, -0.25) is 4.79 Å². The van der Waals surface area contributed by atoms with Gasteiger partial charge in [0.25, 0.3) is 0 Å². The zero-order valence-corrected chi connectivity index (χ0v) is 12.6. The number of carbonyl (C=O) groups excluding carboxylic acids is 2. The minimum atomic E-state index is -0.0263. The molecule has 0 N–H and O–H groups in total. The first-order chi connectivity index (χ1) is 10.0. The summed E-state index contributed by atoms with van der Waals surface area (Å²) in [5, 5.41) is 0. The number of rotatable bonds is 5. The summed E-state index contributed by atoms with van der Waals surface area (Å²) in [7, 11) is 1.74. The largest absolute Gasteiger partial charge is 0.491 e. The lowest BCUT2D eigenvalue weighted by molar-refractivity contribution is 0.112. The maximum Gasteiger partial charge on any atom is 0.324 e. The quantitative estimate of drug-likeness (QED) is 0.782. The van der Waals surface area contributed by atoms with Crippen LogP contribution in [0.25, 0.3) is 0 Å². The molecular weight excluding hydrogens is 268 g/mol. The molecule has 2 amide bonds. The molecule has 1 heterocycles. The van der Waals surface area contributed by atoms with E-state index in [1.165, 1.54) is 0 Å². The van der Waals surface area contributed by atoms with Crippen molar-refractivity contribution in [2.75, 3.05) is 20.2 Å². The van der Waals surface area contributed by atoms with Gasteiger partial charge in [0.2, 0.25) is 0 Å².